The minimum Gasteiger partial charge on any atom is -0.383 e. The molecule has 0 bridgehead atoms. The van der Waals surface area contributed by atoms with Crippen molar-refractivity contribution in [1.29, 1.82) is 0 Å². The molecule has 0 aliphatic heterocycles. The zero-order valence-electron chi connectivity index (χ0n) is 11.6. The van der Waals surface area contributed by atoms with E-state index in [1.807, 2.05) is 13.0 Å². The van der Waals surface area contributed by atoms with Gasteiger partial charge in [0.15, 0.2) is 0 Å². The van der Waals surface area contributed by atoms with E-state index in [1.54, 1.807) is 11.8 Å². The normalized spacial score (nSPS) is 10.7. The molecule has 1 aromatic heterocycles. The highest BCUT2D eigenvalue weighted by atomic mass is 32.2. The number of aryl methyl sites for hydroxylation is 2. The molecule has 2 rings (SSSR count). The molecule has 2 N–H and O–H groups in total. The number of rotatable bonds is 4. The maximum atomic E-state index is 5.97. The van der Waals surface area contributed by atoms with E-state index in [9.17, 15) is 0 Å². The van der Waals surface area contributed by atoms with Crippen molar-refractivity contribution in [1.82, 2.24) is 9.97 Å². The van der Waals surface area contributed by atoms with Crippen molar-refractivity contribution in [3.8, 4) is 0 Å². The molecule has 19 heavy (non-hydrogen) atoms. The molecule has 0 atom stereocenters. The Kier molecular flexibility index (Phi) is 4.43. The first-order valence-corrected chi connectivity index (χ1v) is 7.40. The van der Waals surface area contributed by atoms with E-state index >= 15 is 0 Å². The summed E-state index contributed by atoms with van der Waals surface area (Å²) in [5.74, 6) is 2.18. The lowest BCUT2D eigenvalue weighted by molar-refractivity contribution is 0.947. The van der Waals surface area contributed by atoms with Crippen molar-refractivity contribution in [3.63, 3.8) is 0 Å². The first-order valence-electron chi connectivity index (χ1n) is 6.42. The van der Waals surface area contributed by atoms with E-state index < -0.39 is 0 Å². The molecule has 0 aliphatic carbocycles. The van der Waals surface area contributed by atoms with E-state index in [1.165, 1.54) is 10.5 Å². The van der Waals surface area contributed by atoms with Gasteiger partial charge in [0.2, 0.25) is 0 Å². The van der Waals surface area contributed by atoms with Gasteiger partial charge in [-0.15, -0.1) is 11.8 Å². The van der Waals surface area contributed by atoms with Crippen LogP contribution in [0.3, 0.4) is 0 Å². The van der Waals surface area contributed by atoms with Gasteiger partial charge in [-0.3, -0.25) is 0 Å². The summed E-state index contributed by atoms with van der Waals surface area (Å²) in [7, 11) is 0. The monoisotopic (exact) mass is 273 g/mol. The number of thioether (sulfide) groups is 1. The Morgan fingerprint density at radius 3 is 2.53 bits per heavy atom. The van der Waals surface area contributed by atoms with Gasteiger partial charge in [0.25, 0.3) is 0 Å². The fraction of sp³-hybridized carbons (Fsp3) is 0.333. The van der Waals surface area contributed by atoms with Crippen molar-refractivity contribution in [2.45, 2.75) is 37.8 Å². The number of benzene rings is 1. The lowest BCUT2D eigenvalue weighted by Gasteiger charge is -2.09. The maximum Gasteiger partial charge on any atom is 0.141 e. The van der Waals surface area contributed by atoms with Crippen LogP contribution in [0.25, 0.3) is 0 Å². The predicted molar refractivity (Wildman–Crippen MR) is 81.3 cm³/mol. The summed E-state index contributed by atoms with van der Waals surface area (Å²) in [6.07, 6.45) is 0.878. The standard InChI is InChI=1S/C15H19N3S/c1-4-12-11(3)17-14(18-15(12)16)9-19-13-8-6-5-7-10(13)2/h5-8H,4,9H2,1-3H3,(H2,16,17,18). The molecule has 0 saturated heterocycles. The lowest BCUT2D eigenvalue weighted by Crippen LogP contribution is -2.06. The Hall–Kier alpha value is -1.55. The molecule has 100 valence electrons. The Morgan fingerprint density at radius 2 is 1.89 bits per heavy atom. The van der Waals surface area contributed by atoms with Crippen LogP contribution in [-0.2, 0) is 12.2 Å². The summed E-state index contributed by atoms with van der Waals surface area (Å²) in [6.45, 7) is 6.19. The quantitative estimate of drug-likeness (QED) is 0.866. The number of hydrogen-bond acceptors (Lipinski definition) is 4. The van der Waals surface area contributed by atoms with Gasteiger partial charge >= 0.3 is 0 Å². The van der Waals surface area contributed by atoms with Gasteiger partial charge in [0.1, 0.15) is 11.6 Å². The number of aromatic nitrogens is 2. The molecule has 3 nitrogen and oxygen atoms in total. The van der Waals surface area contributed by atoms with Crippen LogP contribution in [-0.4, -0.2) is 9.97 Å². The first kappa shape index (κ1) is 13.9. The van der Waals surface area contributed by atoms with Gasteiger partial charge in [0.05, 0.1) is 5.75 Å². The molecule has 0 radical (unpaired) electrons. The van der Waals surface area contributed by atoms with Gasteiger partial charge in [-0.05, 0) is 31.9 Å². The molecule has 1 heterocycles. The Labute approximate surface area is 118 Å². The van der Waals surface area contributed by atoms with E-state index in [0.29, 0.717) is 5.82 Å². The molecule has 0 unspecified atom stereocenters. The summed E-state index contributed by atoms with van der Waals surface area (Å²) >= 11 is 1.75. The molecule has 0 saturated carbocycles. The third-order valence-corrected chi connectivity index (χ3v) is 4.27. The van der Waals surface area contributed by atoms with E-state index in [0.717, 1.165) is 29.3 Å². The number of nitrogens with zero attached hydrogens (tertiary/aromatic N) is 2. The van der Waals surface area contributed by atoms with Crippen molar-refractivity contribution in [3.05, 3.63) is 46.9 Å². The Bertz CT molecular complexity index is 558. The second-order valence-electron chi connectivity index (χ2n) is 4.50. The Morgan fingerprint density at radius 1 is 1.16 bits per heavy atom. The van der Waals surface area contributed by atoms with Gasteiger partial charge < -0.3 is 5.73 Å². The predicted octanol–water partition coefficient (Wildman–Crippen LogP) is 3.53. The molecule has 2 aromatic rings. The SMILES string of the molecule is CCc1c(C)nc(CSc2ccccc2C)nc1N. The zero-order chi connectivity index (χ0) is 13.8. The highest BCUT2D eigenvalue weighted by Crippen LogP contribution is 2.25. The summed E-state index contributed by atoms with van der Waals surface area (Å²) in [4.78, 5) is 10.2. The molecule has 0 aliphatic rings. The first-order chi connectivity index (χ1) is 9.11. The molecule has 0 spiro atoms. The highest BCUT2D eigenvalue weighted by Gasteiger charge is 2.08. The fourth-order valence-corrected chi connectivity index (χ4v) is 2.92. The highest BCUT2D eigenvalue weighted by molar-refractivity contribution is 7.98. The largest absolute Gasteiger partial charge is 0.383 e. The van der Waals surface area contributed by atoms with Crippen LogP contribution >= 0.6 is 11.8 Å². The van der Waals surface area contributed by atoms with Crippen molar-refractivity contribution >= 4 is 17.6 Å². The summed E-state index contributed by atoms with van der Waals surface area (Å²) < 4.78 is 0. The molecule has 1 aromatic carbocycles. The van der Waals surface area contributed by atoms with Crippen LogP contribution in [0.2, 0.25) is 0 Å². The summed E-state index contributed by atoms with van der Waals surface area (Å²) in [5, 5.41) is 0. The van der Waals surface area contributed by atoms with Gasteiger partial charge in [-0.1, -0.05) is 25.1 Å². The van der Waals surface area contributed by atoms with Crippen LogP contribution in [0.15, 0.2) is 29.2 Å². The number of hydrogen-bond donors (Lipinski definition) is 1. The van der Waals surface area contributed by atoms with Gasteiger partial charge in [0, 0.05) is 16.2 Å². The van der Waals surface area contributed by atoms with E-state index in [-0.39, 0.29) is 0 Å². The number of anilines is 1. The molecule has 0 fully saturated rings. The Balaban J connectivity index is 2.15. The van der Waals surface area contributed by atoms with Gasteiger partial charge in [-0.25, -0.2) is 9.97 Å². The average molecular weight is 273 g/mol. The van der Waals surface area contributed by atoms with Crippen LogP contribution < -0.4 is 5.73 Å². The third kappa shape index (κ3) is 3.26. The molecule has 0 amide bonds. The van der Waals surface area contributed by atoms with Crippen molar-refractivity contribution < 1.29 is 0 Å². The summed E-state index contributed by atoms with van der Waals surface area (Å²) in [6, 6.07) is 8.34. The van der Waals surface area contributed by atoms with Crippen molar-refractivity contribution in [2.75, 3.05) is 5.73 Å². The second kappa shape index (κ2) is 6.06. The average Bonchev–Trinajstić information content (AvgIpc) is 2.37. The third-order valence-electron chi connectivity index (χ3n) is 3.10. The minimum atomic E-state index is 0.621. The van der Waals surface area contributed by atoms with Crippen LogP contribution in [0, 0.1) is 13.8 Å². The van der Waals surface area contributed by atoms with Crippen LogP contribution in [0.4, 0.5) is 5.82 Å². The second-order valence-corrected chi connectivity index (χ2v) is 5.51. The summed E-state index contributed by atoms with van der Waals surface area (Å²) in [5.41, 5.74) is 9.31. The van der Waals surface area contributed by atoms with Crippen LogP contribution in [0.5, 0.6) is 0 Å². The molecule has 4 heteroatoms. The minimum absolute atomic E-state index is 0.621. The zero-order valence-corrected chi connectivity index (χ0v) is 12.4. The molecular weight excluding hydrogens is 254 g/mol. The molecular formula is C15H19N3S. The van der Waals surface area contributed by atoms with Crippen molar-refractivity contribution in [2.24, 2.45) is 0 Å². The van der Waals surface area contributed by atoms with E-state index in [4.69, 9.17) is 5.73 Å². The lowest BCUT2D eigenvalue weighted by atomic mass is 10.2. The number of nitrogens with two attached hydrogens (primary N) is 1. The smallest absolute Gasteiger partial charge is 0.141 e. The topological polar surface area (TPSA) is 51.8 Å². The maximum absolute atomic E-state index is 5.97. The van der Waals surface area contributed by atoms with Gasteiger partial charge in [-0.2, -0.15) is 0 Å². The number of nitrogen functional groups attached to an aromatic ring is 1. The fourth-order valence-electron chi connectivity index (χ4n) is 2.04. The van der Waals surface area contributed by atoms with E-state index in [2.05, 4.69) is 42.0 Å². The van der Waals surface area contributed by atoms with Crippen LogP contribution in [0.1, 0.15) is 29.6 Å².